The molecule has 0 saturated heterocycles. The van der Waals surface area contributed by atoms with Crippen molar-refractivity contribution in [2.75, 3.05) is 14.2 Å². The summed E-state index contributed by atoms with van der Waals surface area (Å²) in [4.78, 5) is 14.5. The molecule has 1 heterocycles. The van der Waals surface area contributed by atoms with Crippen molar-refractivity contribution in [1.29, 1.82) is 0 Å². The second-order valence-electron chi connectivity index (χ2n) is 5.81. The van der Waals surface area contributed by atoms with E-state index in [1.807, 2.05) is 36.2 Å². The average molecular weight is 271 g/mol. The molecule has 20 heavy (non-hydrogen) atoms. The van der Waals surface area contributed by atoms with E-state index in [0.717, 1.165) is 29.7 Å². The number of likely N-dealkylation sites (N-methyl/N-ethyl adjacent to an activating group) is 1. The van der Waals surface area contributed by atoms with Gasteiger partial charge in [-0.3, -0.25) is 4.79 Å². The molecule has 1 aromatic rings. The Kier molecular flexibility index (Phi) is 3.28. The van der Waals surface area contributed by atoms with Crippen LogP contribution in [0, 0.1) is 0 Å². The summed E-state index contributed by atoms with van der Waals surface area (Å²) in [5.74, 6) is 0.970. The van der Waals surface area contributed by atoms with E-state index >= 15 is 0 Å². The molecule has 3 nitrogen and oxygen atoms in total. The molecule has 1 amide bonds. The smallest absolute Gasteiger partial charge is 0.254 e. The minimum absolute atomic E-state index is 0.0371. The summed E-state index contributed by atoms with van der Waals surface area (Å²) < 4.78 is 5.17. The highest BCUT2D eigenvalue weighted by atomic mass is 16.5. The van der Waals surface area contributed by atoms with Gasteiger partial charge in [0.1, 0.15) is 5.75 Å². The second-order valence-corrected chi connectivity index (χ2v) is 5.81. The highest BCUT2D eigenvalue weighted by Gasteiger charge is 2.43. The van der Waals surface area contributed by atoms with Crippen LogP contribution in [0.5, 0.6) is 5.75 Å². The first-order valence-electron chi connectivity index (χ1n) is 7.32. The largest absolute Gasteiger partial charge is 0.497 e. The van der Waals surface area contributed by atoms with Gasteiger partial charge in [0, 0.05) is 12.6 Å². The standard InChI is InChI=1S/C17H21NO2/c1-18-16(19)15(12-17(18)10-4-3-5-11-17)13-6-8-14(20-2)9-7-13/h6-9,12H,3-5,10-11H2,1-2H3. The summed E-state index contributed by atoms with van der Waals surface area (Å²) in [6.45, 7) is 0. The molecule has 1 fully saturated rings. The van der Waals surface area contributed by atoms with E-state index < -0.39 is 0 Å². The summed E-state index contributed by atoms with van der Waals surface area (Å²) in [7, 11) is 3.60. The predicted molar refractivity (Wildman–Crippen MR) is 79.6 cm³/mol. The van der Waals surface area contributed by atoms with Crippen molar-refractivity contribution >= 4 is 11.5 Å². The Morgan fingerprint density at radius 3 is 2.35 bits per heavy atom. The van der Waals surface area contributed by atoms with Gasteiger partial charge in [-0.05, 0) is 36.6 Å². The van der Waals surface area contributed by atoms with Crippen molar-refractivity contribution in [2.24, 2.45) is 0 Å². The van der Waals surface area contributed by atoms with Gasteiger partial charge in [0.15, 0.2) is 0 Å². The highest BCUT2D eigenvalue weighted by Crippen LogP contribution is 2.42. The second kappa shape index (κ2) is 4.97. The lowest BCUT2D eigenvalue weighted by atomic mass is 9.81. The Balaban J connectivity index is 1.95. The predicted octanol–water partition coefficient (Wildman–Crippen LogP) is 3.25. The Hall–Kier alpha value is -1.77. The van der Waals surface area contributed by atoms with Crippen molar-refractivity contribution in [3.05, 3.63) is 35.9 Å². The molecule has 1 aliphatic heterocycles. The number of amides is 1. The van der Waals surface area contributed by atoms with Crippen LogP contribution in [-0.2, 0) is 4.79 Å². The molecule has 0 aromatic heterocycles. The molecule has 3 rings (SSSR count). The van der Waals surface area contributed by atoms with Gasteiger partial charge in [0.05, 0.1) is 12.6 Å². The number of nitrogens with zero attached hydrogens (tertiary/aromatic N) is 1. The van der Waals surface area contributed by atoms with Gasteiger partial charge in [-0.2, -0.15) is 0 Å². The van der Waals surface area contributed by atoms with E-state index in [4.69, 9.17) is 4.74 Å². The fourth-order valence-corrected chi connectivity index (χ4v) is 3.43. The first-order chi connectivity index (χ1) is 9.66. The van der Waals surface area contributed by atoms with Gasteiger partial charge in [-0.1, -0.05) is 31.4 Å². The van der Waals surface area contributed by atoms with Crippen molar-refractivity contribution < 1.29 is 9.53 Å². The van der Waals surface area contributed by atoms with Crippen LogP contribution >= 0.6 is 0 Å². The van der Waals surface area contributed by atoms with Crippen molar-refractivity contribution in [3.8, 4) is 5.75 Å². The maximum Gasteiger partial charge on any atom is 0.254 e. The van der Waals surface area contributed by atoms with E-state index in [1.165, 1.54) is 19.3 Å². The third-order valence-electron chi connectivity index (χ3n) is 4.74. The fraction of sp³-hybridized carbons (Fsp3) is 0.471. The number of hydrogen-bond acceptors (Lipinski definition) is 2. The Morgan fingerprint density at radius 2 is 1.75 bits per heavy atom. The summed E-state index contributed by atoms with van der Waals surface area (Å²) in [6, 6.07) is 7.77. The van der Waals surface area contributed by atoms with Gasteiger partial charge in [-0.15, -0.1) is 0 Å². The van der Waals surface area contributed by atoms with E-state index in [-0.39, 0.29) is 11.4 Å². The zero-order chi connectivity index (χ0) is 14.2. The zero-order valence-corrected chi connectivity index (χ0v) is 12.2. The highest BCUT2D eigenvalue weighted by molar-refractivity contribution is 6.22. The SMILES string of the molecule is COc1ccc(C2=CC3(CCCCC3)N(C)C2=O)cc1. The van der Waals surface area contributed by atoms with Crippen LogP contribution in [0.4, 0.5) is 0 Å². The number of rotatable bonds is 2. The molecular formula is C17H21NO2. The van der Waals surface area contributed by atoms with Gasteiger partial charge in [0.2, 0.25) is 0 Å². The molecule has 0 N–H and O–H groups in total. The number of hydrogen-bond donors (Lipinski definition) is 0. The van der Waals surface area contributed by atoms with Crippen molar-refractivity contribution in [2.45, 2.75) is 37.6 Å². The van der Waals surface area contributed by atoms with E-state index in [9.17, 15) is 4.79 Å². The van der Waals surface area contributed by atoms with E-state index in [0.29, 0.717) is 0 Å². The maximum absolute atomic E-state index is 12.6. The van der Waals surface area contributed by atoms with Gasteiger partial charge < -0.3 is 9.64 Å². The molecule has 3 heteroatoms. The molecule has 0 bridgehead atoms. The normalized spacial score (nSPS) is 21.2. The number of ether oxygens (including phenoxy) is 1. The lowest BCUT2D eigenvalue weighted by molar-refractivity contribution is -0.127. The number of methoxy groups -OCH3 is 1. The van der Waals surface area contributed by atoms with Crippen LogP contribution in [-0.4, -0.2) is 30.5 Å². The lowest BCUT2D eigenvalue weighted by Crippen LogP contribution is -2.45. The van der Waals surface area contributed by atoms with Gasteiger partial charge >= 0.3 is 0 Å². The molecule has 0 radical (unpaired) electrons. The van der Waals surface area contributed by atoms with Crippen LogP contribution < -0.4 is 4.74 Å². The van der Waals surface area contributed by atoms with E-state index in [2.05, 4.69) is 6.08 Å². The Morgan fingerprint density at radius 1 is 1.10 bits per heavy atom. The van der Waals surface area contributed by atoms with Crippen molar-refractivity contribution in [1.82, 2.24) is 4.90 Å². The van der Waals surface area contributed by atoms with Crippen LogP contribution in [0.15, 0.2) is 30.3 Å². The third kappa shape index (κ3) is 2.01. The summed E-state index contributed by atoms with van der Waals surface area (Å²) >= 11 is 0. The molecule has 1 saturated carbocycles. The maximum atomic E-state index is 12.6. The minimum atomic E-state index is -0.0371. The molecule has 0 unspecified atom stereocenters. The molecule has 0 atom stereocenters. The quantitative estimate of drug-likeness (QED) is 0.826. The molecule has 2 aliphatic rings. The molecule has 1 aromatic carbocycles. The molecule has 1 aliphatic carbocycles. The number of carbonyl (C=O) groups excluding carboxylic acids is 1. The first-order valence-corrected chi connectivity index (χ1v) is 7.32. The minimum Gasteiger partial charge on any atom is -0.497 e. The molecule has 106 valence electrons. The third-order valence-corrected chi connectivity index (χ3v) is 4.74. The fourth-order valence-electron chi connectivity index (χ4n) is 3.43. The van der Waals surface area contributed by atoms with Gasteiger partial charge in [0.25, 0.3) is 5.91 Å². The lowest BCUT2D eigenvalue weighted by Gasteiger charge is -2.38. The van der Waals surface area contributed by atoms with Crippen molar-refractivity contribution in [3.63, 3.8) is 0 Å². The average Bonchev–Trinajstić information content (AvgIpc) is 2.74. The van der Waals surface area contributed by atoms with Crippen LogP contribution in [0.2, 0.25) is 0 Å². The summed E-state index contributed by atoms with van der Waals surface area (Å²) in [5.41, 5.74) is 1.80. The monoisotopic (exact) mass is 271 g/mol. The topological polar surface area (TPSA) is 29.5 Å². The van der Waals surface area contributed by atoms with Gasteiger partial charge in [-0.25, -0.2) is 0 Å². The molecular weight excluding hydrogens is 250 g/mol. The number of carbonyl (C=O) groups is 1. The Labute approximate surface area is 120 Å². The summed E-state index contributed by atoms with van der Waals surface area (Å²) in [5, 5.41) is 0. The van der Waals surface area contributed by atoms with Crippen LogP contribution in [0.3, 0.4) is 0 Å². The van der Waals surface area contributed by atoms with E-state index in [1.54, 1.807) is 7.11 Å². The summed E-state index contributed by atoms with van der Waals surface area (Å²) in [6.07, 6.45) is 8.10. The number of benzene rings is 1. The Bertz CT molecular complexity index is 539. The van der Waals surface area contributed by atoms with Crippen LogP contribution in [0.25, 0.3) is 5.57 Å². The molecule has 1 spiro atoms. The van der Waals surface area contributed by atoms with Crippen LogP contribution in [0.1, 0.15) is 37.7 Å². The first kappa shape index (κ1) is 13.2. The zero-order valence-electron chi connectivity index (χ0n) is 12.2.